The molecule has 1 aliphatic rings. The van der Waals surface area contributed by atoms with E-state index in [4.69, 9.17) is 4.74 Å². The molecule has 1 atom stereocenters. The predicted molar refractivity (Wildman–Crippen MR) is 116 cm³/mol. The van der Waals surface area contributed by atoms with Gasteiger partial charge in [0.05, 0.1) is 25.9 Å². The van der Waals surface area contributed by atoms with Crippen molar-refractivity contribution in [2.45, 2.75) is 18.2 Å². The molecule has 3 aromatic rings. The number of hydrogen-bond acceptors (Lipinski definition) is 4. The van der Waals surface area contributed by atoms with Gasteiger partial charge in [-0.05, 0) is 16.7 Å². The van der Waals surface area contributed by atoms with Crippen LogP contribution in [-0.2, 0) is 21.7 Å². The maximum absolute atomic E-state index is 13.6. The van der Waals surface area contributed by atoms with Gasteiger partial charge in [-0.15, -0.1) is 0 Å². The minimum absolute atomic E-state index is 0.00955. The number of β-amino-alcohol motifs (C(OH)–C–C–N with tert-alkyl or cyclic N) is 1. The second-order valence-corrected chi connectivity index (χ2v) is 7.48. The molecular weight excluding hydrogens is 392 g/mol. The van der Waals surface area contributed by atoms with E-state index in [-0.39, 0.29) is 13.2 Å². The van der Waals surface area contributed by atoms with Gasteiger partial charge >= 0.3 is 6.03 Å². The van der Waals surface area contributed by atoms with E-state index in [1.165, 1.54) is 0 Å². The van der Waals surface area contributed by atoms with Crippen molar-refractivity contribution in [1.82, 2.24) is 10.2 Å². The number of hydrogen-bond donors (Lipinski definition) is 2. The zero-order chi connectivity index (χ0) is 21.7. The van der Waals surface area contributed by atoms with E-state index in [0.717, 1.165) is 10.5 Å². The van der Waals surface area contributed by atoms with Gasteiger partial charge in [-0.25, -0.2) is 4.79 Å². The van der Waals surface area contributed by atoms with E-state index < -0.39 is 23.6 Å². The highest BCUT2D eigenvalue weighted by molar-refractivity contribution is 6.09. The molecule has 2 N–H and O–H groups in total. The first-order chi connectivity index (χ1) is 15.1. The van der Waals surface area contributed by atoms with Crippen LogP contribution in [-0.4, -0.2) is 41.2 Å². The van der Waals surface area contributed by atoms with Gasteiger partial charge in [0.2, 0.25) is 0 Å². The molecule has 6 nitrogen and oxygen atoms in total. The van der Waals surface area contributed by atoms with Crippen LogP contribution in [0.1, 0.15) is 16.7 Å². The summed E-state index contributed by atoms with van der Waals surface area (Å²) in [5.41, 5.74) is 0.982. The van der Waals surface area contributed by atoms with Crippen molar-refractivity contribution in [1.29, 1.82) is 0 Å². The molecule has 4 rings (SSSR count). The lowest BCUT2D eigenvalue weighted by molar-refractivity contribution is -0.131. The van der Waals surface area contributed by atoms with E-state index in [0.29, 0.717) is 17.7 Å². The standard InChI is InChI=1S/C25H24N2O4/c28-22(18-31-17-19-10-4-1-5-11-19)16-27-23(29)25(26-24(27)30,20-12-6-2-7-13-20)21-14-8-3-9-15-21/h1-15,22,28H,16-18H2,(H,26,30). The molecule has 31 heavy (non-hydrogen) atoms. The average Bonchev–Trinajstić information content (AvgIpc) is 3.06. The summed E-state index contributed by atoms with van der Waals surface area (Å²) < 4.78 is 5.56. The van der Waals surface area contributed by atoms with E-state index in [9.17, 15) is 14.7 Å². The van der Waals surface area contributed by atoms with Crippen LogP contribution in [0.15, 0.2) is 91.0 Å². The Kier molecular flexibility index (Phi) is 6.11. The average molecular weight is 416 g/mol. The Morgan fingerprint density at radius 3 is 1.90 bits per heavy atom. The molecule has 1 fully saturated rings. The summed E-state index contributed by atoms with van der Waals surface area (Å²) in [6, 6.07) is 27.3. The second kappa shape index (κ2) is 9.12. The van der Waals surface area contributed by atoms with Gasteiger partial charge in [-0.3, -0.25) is 9.69 Å². The van der Waals surface area contributed by atoms with Crippen LogP contribution in [0.5, 0.6) is 0 Å². The topological polar surface area (TPSA) is 78.9 Å². The van der Waals surface area contributed by atoms with Crippen LogP contribution in [0.25, 0.3) is 0 Å². The zero-order valence-corrected chi connectivity index (χ0v) is 17.0. The SMILES string of the molecule is O=C1NC(c2ccccc2)(c2ccccc2)C(=O)N1CC(O)COCc1ccccc1. The van der Waals surface area contributed by atoms with E-state index in [1.54, 1.807) is 0 Å². The van der Waals surface area contributed by atoms with Crippen molar-refractivity contribution in [3.8, 4) is 0 Å². The Hall–Kier alpha value is -3.48. The van der Waals surface area contributed by atoms with Crippen molar-refractivity contribution in [2.24, 2.45) is 0 Å². The summed E-state index contributed by atoms with van der Waals surface area (Å²) >= 11 is 0. The zero-order valence-electron chi connectivity index (χ0n) is 17.0. The summed E-state index contributed by atoms with van der Waals surface area (Å²) in [4.78, 5) is 27.4. The number of ether oxygens (including phenoxy) is 1. The molecule has 3 amide bonds. The molecule has 158 valence electrons. The lowest BCUT2D eigenvalue weighted by Crippen LogP contribution is -2.45. The number of rotatable bonds is 8. The van der Waals surface area contributed by atoms with Gasteiger partial charge in [-0.1, -0.05) is 91.0 Å². The molecule has 0 radical (unpaired) electrons. The first-order valence-electron chi connectivity index (χ1n) is 10.2. The van der Waals surface area contributed by atoms with Gasteiger partial charge in [0.15, 0.2) is 5.54 Å². The van der Waals surface area contributed by atoms with Crippen LogP contribution in [0.4, 0.5) is 4.79 Å². The van der Waals surface area contributed by atoms with Gasteiger partial charge in [0.1, 0.15) is 0 Å². The molecule has 0 saturated carbocycles. The highest BCUT2D eigenvalue weighted by Gasteiger charge is 2.53. The van der Waals surface area contributed by atoms with Crippen molar-refractivity contribution >= 4 is 11.9 Å². The summed E-state index contributed by atoms with van der Waals surface area (Å²) in [6.45, 7) is 0.201. The summed E-state index contributed by atoms with van der Waals surface area (Å²) in [6.07, 6.45) is -0.999. The second-order valence-electron chi connectivity index (χ2n) is 7.48. The highest BCUT2D eigenvalue weighted by Crippen LogP contribution is 2.36. The number of nitrogens with one attached hydrogen (secondary N) is 1. The number of amides is 3. The molecule has 0 aromatic heterocycles. The minimum atomic E-state index is -1.33. The van der Waals surface area contributed by atoms with E-state index >= 15 is 0 Å². The fourth-order valence-corrected chi connectivity index (χ4v) is 3.83. The van der Waals surface area contributed by atoms with Crippen LogP contribution >= 0.6 is 0 Å². The predicted octanol–water partition coefficient (Wildman–Crippen LogP) is 3.06. The quantitative estimate of drug-likeness (QED) is 0.553. The maximum atomic E-state index is 13.6. The number of benzene rings is 3. The van der Waals surface area contributed by atoms with Gasteiger partial charge in [-0.2, -0.15) is 0 Å². The van der Waals surface area contributed by atoms with Crippen LogP contribution in [0.2, 0.25) is 0 Å². The van der Waals surface area contributed by atoms with Gasteiger partial charge in [0, 0.05) is 0 Å². The number of aliphatic hydroxyl groups excluding tert-OH is 1. The Labute approximate surface area is 181 Å². The fourth-order valence-electron chi connectivity index (χ4n) is 3.83. The third-order valence-corrected chi connectivity index (χ3v) is 5.33. The summed E-state index contributed by atoms with van der Waals surface area (Å²) in [5.74, 6) is -0.419. The lowest BCUT2D eigenvalue weighted by atomic mass is 9.82. The van der Waals surface area contributed by atoms with E-state index in [1.807, 2.05) is 91.0 Å². The monoisotopic (exact) mass is 416 g/mol. The normalized spacial score (nSPS) is 16.2. The van der Waals surface area contributed by atoms with Crippen molar-refractivity contribution in [3.63, 3.8) is 0 Å². The highest BCUT2D eigenvalue weighted by atomic mass is 16.5. The van der Waals surface area contributed by atoms with Crippen LogP contribution in [0.3, 0.4) is 0 Å². The summed E-state index contributed by atoms with van der Waals surface area (Å²) in [5, 5.41) is 13.3. The molecule has 1 aliphatic heterocycles. The Morgan fingerprint density at radius 2 is 1.35 bits per heavy atom. The van der Waals surface area contributed by atoms with Gasteiger partial charge < -0.3 is 15.2 Å². The van der Waals surface area contributed by atoms with Crippen molar-refractivity contribution in [3.05, 3.63) is 108 Å². The molecule has 0 spiro atoms. The van der Waals surface area contributed by atoms with Gasteiger partial charge in [0.25, 0.3) is 5.91 Å². The Morgan fingerprint density at radius 1 is 0.839 bits per heavy atom. The first kappa shape index (κ1) is 20.8. The largest absolute Gasteiger partial charge is 0.389 e. The number of urea groups is 1. The van der Waals surface area contributed by atoms with Crippen molar-refractivity contribution in [2.75, 3.05) is 13.2 Å². The molecule has 1 saturated heterocycles. The molecule has 0 aliphatic carbocycles. The van der Waals surface area contributed by atoms with Crippen molar-refractivity contribution < 1.29 is 19.4 Å². The number of imide groups is 1. The molecule has 1 unspecified atom stereocenters. The number of aliphatic hydroxyl groups is 1. The molecular formula is C25H24N2O4. The third kappa shape index (κ3) is 4.21. The fraction of sp³-hybridized carbons (Fsp3) is 0.200. The third-order valence-electron chi connectivity index (χ3n) is 5.33. The smallest absolute Gasteiger partial charge is 0.325 e. The molecule has 1 heterocycles. The number of carbonyl (C=O) groups is 2. The Balaban J connectivity index is 1.51. The van der Waals surface area contributed by atoms with Crippen LogP contribution in [0, 0.1) is 0 Å². The Bertz CT molecular complexity index is 986. The van der Waals surface area contributed by atoms with E-state index in [2.05, 4.69) is 5.32 Å². The van der Waals surface area contributed by atoms with Crippen LogP contribution < -0.4 is 5.32 Å². The number of nitrogens with zero attached hydrogens (tertiary/aromatic N) is 1. The number of carbonyl (C=O) groups excluding carboxylic acids is 2. The molecule has 0 bridgehead atoms. The lowest BCUT2D eigenvalue weighted by Gasteiger charge is -2.28. The molecule has 3 aromatic carbocycles. The minimum Gasteiger partial charge on any atom is -0.389 e. The first-order valence-corrected chi connectivity index (χ1v) is 10.2. The summed E-state index contributed by atoms with van der Waals surface area (Å²) in [7, 11) is 0. The maximum Gasteiger partial charge on any atom is 0.325 e. The molecule has 6 heteroatoms.